The molecular weight excluding hydrogens is 342 g/mol. The number of nitrogens with zero attached hydrogens (tertiary/aromatic N) is 3. The third-order valence-corrected chi connectivity index (χ3v) is 4.49. The number of esters is 1. The number of hydrogen-bond donors (Lipinski definition) is 0. The highest BCUT2D eigenvalue weighted by atomic mass is 16.5. The Morgan fingerprint density at radius 3 is 2.22 bits per heavy atom. The lowest BCUT2D eigenvalue weighted by Crippen LogP contribution is -2.19. The number of ether oxygens (including phenoxy) is 1. The molecule has 2 heterocycles. The molecule has 134 valence electrons. The molecule has 1 aliphatic heterocycles. The maximum atomic E-state index is 12.9. The van der Waals surface area contributed by atoms with Crippen molar-refractivity contribution in [3.8, 4) is 5.69 Å². The fourth-order valence-electron chi connectivity index (χ4n) is 2.99. The molecule has 6 nitrogen and oxygen atoms in total. The van der Waals surface area contributed by atoms with Crippen LogP contribution in [-0.4, -0.2) is 21.0 Å². The fraction of sp³-hybridized carbons (Fsp3) is 0.0952. The van der Waals surface area contributed by atoms with Gasteiger partial charge in [0.1, 0.15) is 5.76 Å². The Hall–Kier alpha value is -3.67. The van der Waals surface area contributed by atoms with Crippen LogP contribution in [-0.2, 0) is 16.6 Å². The molecule has 0 fully saturated rings. The number of benzene rings is 2. The van der Waals surface area contributed by atoms with Crippen LogP contribution in [0.15, 0.2) is 76.5 Å². The number of para-hydroxylation sites is 1. The Balaban J connectivity index is 1.80. The topological polar surface area (TPSA) is 65.6 Å². The number of cyclic esters (lactones) is 1. The zero-order valence-corrected chi connectivity index (χ0v) is 14.9. The van der Waals surface area contributed by atoms with E-state index >= 15 is 0 Å². The molecule has 2 aromatic carbocycles. The minimum Gasteiger partial charge on any atom is -0.421 e. The van der Waals surface area contributed by atoms with Crippen LogP contribution in [0.5, 0.6) is 0 Å². The molecule has 0 unspecified atom stereocenters. The monoisotopic (exact) mass is 359 g/mol. The third kappa shape index (κ3) is 2.91. The lowest BCUT2D eigenvalue weighted by Gasteiger charge is -2.07. The molecule has 1 aliphatic rings. The van der Waals surface area contributed by atoms with Crippen molar-refractivity contribution in [1.29, 1.82) is 0 Å². The van der Waals surface area contributed by atoms with E-state index < -0.39 is 5.97 Å². The molecule has 0 radical (unpaired) electrons. The highest BCUT2D eigenvalue weighted by molar-refractivity contribution is 6.46. The second-order valence-corrected chi connectivity index (χ2v) is 6.17. The van der Waals surface area contributed by atoms with Gasteiger partial charge in [0.05, 0.1) is 11.4 Å². The van der Waals surface area contributed by atoms with Crippen LogP contribution in [0, 0.1) is 6.92 Å². The van der Waals surface area contributed by atoms with Crippen LogP contribution >= 0.6 is 0 Å². The van der Waals surface area contributed by atoms with Gasteiger partial charge in [-0.05, 0) is 19.1 Å². The van der Waals surface area contributed by atoms with Crippen LogP contribution in [0.4, 0.5) is 5.69 Å². The van der Waals surface area contributed by atoms with Crippen LogP contribution in [0.2, 0.25) is 0 Å². The molecule has 0 amide bonds. The lowest BCUT2D eigenvalue weighted by atomic mass is 10.2. The molecular formula is C21H17N3O3. The smallest absolute Gasteiger partial charge is 0.362 e. The second-order valence-electron chi connectivity index (χ2n) is 6.17. The Morgan fingerprint density at radius 2 is 1.56 bits per heavy atom. The molecule has 4 rings (SSSR count). The summed E-state index contributed by atoms with van der Waals surface area (Å²) in [4.78, 5) is 29.5. The largest absolute Gasteiger partial charge is 0.421 e. The zero-order chi connectivity index (χ0) is 19.0. The first-order valence-electron chi connectivity index (χ1n) is 8.48. The summed E-state index contributed by atoms with van der Waals surface area (Å²) < 4.78 is 8.56. The van der Waals surface area contributed by atoms with Crippen molar-refractivity contribution in [3.63, 3.8) is 0 Å². The second kappa shape index (κ2) is 6.57. The van der Waals surface area contributed by atoms with Gasteiger partial charge in [-0.15, -0.1) is 0 Å². The maximum Gasteiger partial charge on any atom is 0.362 e. The van der Waals surface area contributed by atoms with Gasteiger partial charge in [-0.1, -0.05) is 48.5 Å². The van der Waals surface area contributed by atoms with Crippen molar-refractivity contribution in [2.75, 3.05) is 0 Å². The van der Waals surface area contributed by atoms with Crippen molar-refractivity contribution < 1.29 is 9.53 Å². The van der Waals surface area contributed by atoms with Gasteiger partial charge >= 0.3 is 5.97 Å². The SMILES string of the molecule is Cc1c(N=C2C=C(c3ccccc3)OC2=O)c(=O)n(-c2ccccc2)n1C. The molecule has 0 aliphatic carbocycles. The summed E-state index contributed by atoms with van der Waals surface area (Å²) >= 11 is 0. The summed E-state index contributed by atoms with van der Waals surface area (Å²) in [6, 6.07) is 18.6. The summed E-state index contributed by atoms with van der Waals surface area (Å²) in [6.07, 6.45) is 1.57. The number of carbonyl (C=O) groups excluding carboxylic acids is 1. The summed E-state index contributed by atoms with van der Waals surface area (Å²) in [6.45, 7) is 1.79. The predicted molar refractivity (Wildman–Crippen MR) is 103 cm³/mol. The van der Waals surface area contributed by atoms with E-state index in [-0.39, 0.29) is 17.0 Å². The number of aliphatic imine (C=N–C) groups is 1. The van der Waals surface area contributed by atoms with Crippen LogP contribution in [0.1, 0.15) is 11.3 Å². The highest BCUT2D eigenvalue weighted by Gasteiger charge is 2.25. The molecule has 0 saturated heterocycles. The van der Waals surface area contributed by atoms with E-state index in [1.54, 1.807) is 24.7 Å². The van der Waals surface area contributed by atoms with Crippen molar-refractivity contribution in [2.24, 2.45) is 12.0 Å². The first-order valence-corrected chi connectivity index (χ1v) is 8.48. The van der Waals surface area contributed by atoms with E-state index in [1.165, 1.54) is 4.68 Å². The van der Waals surface area contributed by atoms with Crippen molar-refractivity contribution in [3.05, 3.63) is 88.4 Å². The van der Waals surface area contributed by atoms with E-state index in [9.17, 15) is 9.59 Å². The van der Waals surface area contributed by atoms with E-state index in [0.29, 0.717) is 11.5 Å². The summed E-state index contributed by atoms with van der Waals surface area (Å²) in [7, 11) is 1.78. The molecule has 0 bridgehead atoms. The average molecular weight is 359 g/mol. The highest BCUT2D eigenvalue weighted by Crippen LogP contribution is 2.24. The van der Waals surface area contributed by atoms with Gasteiger partial charge in [-0.3, -0.25) is 9.48 Å². The number of aromatic nitrogens is 2. The molecule has 3 aromatic rings. The molecule has 0 spiro atoms. The van der Waals surface area contributed by atoms with Crippen LogP contribution in [0.25, 0.3) is 11.4 Å². The van der Waals surface area contributed by atoms with Crippen molar-refractivity contribution in [1.82, 2.24) is 9.36 Å². The Labute approximate surface area is 155 Å². The van der Waals surface area contributed by atoms with Crippen molar-refractivity contribution >= 4 is 23.1 Å². The Bertz CT molecular complexity index is 1140. The molecule has 1 aromatic heterocycles. The normalized spacial score (nSPS) is 15.1. The van der Waals surface area contributed by atoms with Gasteiger partial charge in [0.2, 0.25) is 0 Å². The minimum atomic E-state index is -0.567. The summed E-state index contributed by atoms with van der Waals surface area (Å²) in [5.74, 6) is -0.140. The van der Waals surface area contributed by atoms with E-state index in [4.69, 9.17) is 4.74 Å². The molecule has 0 saturated carbocycles. The van der Waals surface area contributed by atoms with Crippen LogP contribution in [0.3, 0.4) is 0 Å². The van der Waals surface area contributed by atoms with Gasteiger partial charge in [-0.2, -0.15) is 0 Å². The molecule has 0 atom stereocenters. The number of hydrogen-bond acceptors (Lipinski definition) is 4. The summed E-state index contributed by atoms with van der Waals surface area (Å²) in [5.41, 5.74) is 2.21. The van der Waals surface area contributed by atoms with Gasteiger partial charge < -0.3 is 4.74 Å². The van der Waals surface area contributed by atoms with E-state index in [2.05, 4.69) is 4.99 Å². The molecule has 6 heteroatoms. The van der Waals surface area contributed by atoms with Crippen molar-refractivity contribution in [2.45, 2.75) is 6.92 Å². The first-order chi connectivity index (χ1) is 13.1. The van der Waals surface area contributed by atoms with E-state index in [1.807, 2.05) is 60.7 Å². The Kier molecular flexibility index (Phi) is 4.08. The maximum absolute atomic E-state index is 12.9. The number of rotatable bonds is 3. The quantitative estimate of drug-likeness (QED) is 0.675. The molecule has 27 heavy (non-hydrogen) atoms. The standard InChI is InChI=1S/C21H17N3O3/c1-14-19(20(25)24(23(14)2)16-11-7-4-8-12-16)22-17-13-18(27-21(17)26)15-9-5-3-6-10-15/h3-13H,1-2H3. The fourth-order valence-corrected chi connectivity index (χ4v) is 2.99. The van der Waals surface area contributed by atoms with Gasteiger partial charge in [0, 0.05) is 18.7 Å². The van der Waals surface area contributed by atoms with E-state index in [0.717, 1.165) is 11.3 Å². The van der Waals surface area contributed by atoms with Gasteiger partial charge in [-0.25, -0.2) is 14.5 Å². The molecule has 0 N–H and O–H groups in total. The van der Waals surface area contributed by atoms with Gasteiger partial charge in [0.15, 0.2) is 11.4 Å². The Morgan fingerprint density at radius 1 is 0.926 bits per heavy atom. The third-order valence-electron chi connectivity index (χ3n) is 4.49. The zero-order valence-electron chi connectivity index (χ0n) is 14.9. The lowest BCUT2D eigenvalue weighted by molar-refractivity contribution is -0.128. The van der Waals surface area contributed by atoms with Crippen LogP contribution < -0.4 is 5.56 Å². The minimum absolute atomic E-state index is 0.111. The predicted octanol–water partition coefficient (Wildman–Crippen LogP) is 3.15. The summed E-state index contributed by atoms with van der Waals surface area (Å²) in [5, 5.41) is 0. The first kappa shape index (κ1) is 16.8. The average Bonchev–Trinajstić information content (AvgIpc) is 3.16. The van der Waals surface area contributed by atoms with Gasteiger partial charge in [0.25, 0.3) is 5.56 Å². The number of carbonyl (C=O) groups is 1.